The molecule has 0 unspecified atom stereocenters. The second-order valence-corrected chi connectivity index (χ2v) is 7.48. The number of nitrogens with one attached hydrogen (secondary N) is 2. The molecule has 0 aliphatic rings. The number of hydrazone groups is 1. The number of rotatable bonds is 6. The molecule has 0 saturated heterocycles. The largest absolute Gasteiger partial charge is 0.423 e. The summed E-state index contributed by atoms with van der Waals surface area (Å²) in [4.78, 5) is 36.3. The van der Waals surface area contributed by atoms with E-state index in [-0.39, 0.29) is 6.42 Å². The summed E-state index contributed by atoms with van der Waals surface area (Å²) >= 11 is 5.82. The van der Waals surface area contributed by atoms with E-state index in [0.717, 1.165) is 5.56 Å². The van der Waals surface area contributed by atoms with E-state index in [4.69, 9.17) is 21.6 Å². The first kappa shape index (κ1) is 24.2. The van der Waals surface area contributed by atoms with Gasteiger partial charge in [0.15, 0.2) is 0 Å². The van der Waals surface area contributed by atoms with Gasteiger partial charge in [-0.15, -0.1) is 0 Å². The molecule has 0 heterocycles. The number of carbonyl (C=O) groups excluding carboxylic acids is 3. The number of hydrogen-bond acceptors (Lipinski definition) is 6. The van der Waals surface area contributed by atoms with E-state index in [1.165, 1.54) is 0 Å². The molecule has 0 bridgehead atoms. The fourth-order valence-corrected chi connectivity index (χ4v) is 2.88. The molecule has 3 rings (SSSR count). The minimum atomic E-state index is -0.936. The molecule has 8 nitrogen and oxygen atoms in total. The van der Waals surface area contributed by atoms with Gasteiger partial charge in [0.05, 0.1) is 23.8 Å². The van der Waals surface area contributed by atoms with Gasteiger partial charge in [0.1, 0.15) is 5.75 Å². The third-order valence-electron chi connectivity index (χ3n) is 4.59. The van der Waals surface area contributed by atoms with E-state index in [1.807, 2.05) is 6.07 Å². The summed E-state index contributed by atoms with van der Waals surface area (Å²) in [5.74, 6) is -2.00. The Balaban J connectivity index is 1.54. The minimum absolute atomic E-state index is 0.258. The zero-order valence-electron chi connectivity index (χ0n) is 18.0. The van der Waals surface area contributed by atoms with Crippen LogP contribution in [0.4, 0.5) is 5.69 Å². The van der Waals surface area contributed by atoms with Crippen molar-refractivity contribution in [3.05, 3.63) is 94.5 Å². The molecular weight excluding hydrogens is 456 g/mol. The lowest BCUT2D eigenvalue weighted by Crippen LogP contribution is -2.32. The van der Waals surface area contributed by atoms with Crippen molar-refractivity contribution in [2.45, 2.75) is 13.3 Å². The average molecular weight is 475 g/mol. The van der Waals surface area contributed by atoms with Crippen LogP contribution in [0.25, 0.3) is 0 Å². The van der Waals surface area contributed by atoms with Crippen molar-refractivity contribution in [2.24, 2.45) is 5.10 Å². The Kier molecular flexibility index (Phi) is 8.11. The maximum absolute atomic E-state index is 12.2. The van der Waals surface area contributed by atoms with Gasteiger partial charge in [0.25, 0.3) is 0 Å². The van der Waals surface area contributed by atoms with Crippen LogP contribution in [0.3, 0.4) is 0 Å². The summed E-state index contributed by atoms with van der Waals surface area (Å²) < 4.78 is 5.32. The smallest absolute Gasteiger partial charge is 0.343 e. The van der Waals surface area contributed by atoms with Gasteiger partial charge in [0, 0.05) is 10.7 Å². The van der Waals surface area contributed by atoms with Crippen LogP contribution in [0.1, 0.15) is 28.4 Å². The molecule has 3 aromatic carbocycles. The molecule has 0 radical (unpaired) electrons. The number of halogens is 1. The van der Waals surface area contributed by atoms with Gasteiger partial charge < -0.3 is 10.1 Å². The molecule has 0 fully saturated rings. The van der Waals surface area contributed by atoms with Gasteiger partial charge in [-0.05, 0) is 78.7 Å². The lowest BCUT2D eigenvalue weighted by atomic mass is 10.1. The summed E-state index contributed by atoms with van der Waals surface area (Å²) in [6, 6.07) is 21.5. The van der Waals surface area contributed by atoms with Gasteiger partial charge in [-0.1, -0.05) is 23.7 Å². The summed E-state index contributed by atoms with van der Waals surface area (Å²) in [5, 5.41) is 15.6. The second-order valence-electron chi connectivity index (χ2n) is 7.04. The topological polar surface area (TPSA) is 121 Å². The third kappa shape index (κ3) is 6.76. The number of nitrogens with zero attached hydrogens (tertiary/aromatic N) is 2. The van der Waals surface area contributed by atoms with Gasteiger partial charge >= 0.3 is 17.8 Å². The van der Waals surface area contributed by atoms with E-state index < -0.39 is 17.8 Å². The lowest BCUT2D eigenvalue weighted by Gasteiger charge is -2.07. The first-order valence-electron chi connectivity index (χ1n) is 10.1. The number of benzene rings is 3. The molecule has 2 amide bonds. The maximum atomic E-state index is 12.2. The van der Waals surface area contributed by atoms with Gasteiger partial charge in [0.2, 0.25) is 0 Å². The Morgan fingerprint density at radius 3 is 2.15 bits per heavy atom. The molecule has 3 aromatic rings. The van der Waals surface area contributed by atoms with Crippen molar-refractivity contribution in [2.75, 3.05) is 5.32 Å². The monoisotopic (exact) mass is 474 g/mol. The van der Waals surface area contributed by atoms with E-state index in [0.29, 0.717) is 33.3 Å². The molecule has 0 spiro atoms. The number of anilines is 1. The number of ether oxygens (including phenoxy) is 1. The van der Waals surface area contributed by atoms with Gasteiger partial charge in [-0.2, -0.15) is 10.4 Å². The van der Waals surface area contributed by atoms with Crippen LogP contribution < -0.4 is 15.5 Å². The SMILES string of the molecule is C/C(=N\NC(=O)C(=O)Nc1ccc(CC#N)cc1)c1ccc(OC(=O)c2ccc(Cl)cc2)cc1. The number of carbonyl (C=O) groups is 3. The van der Waals surface area contributed by atoms with Crippen LogP contribution in [0.2, 0.25) is 5.02 Å². The molecule has 0 aliphatic heterocycles. The first-order chi connectivity index (χ1) is 16.4. The number of esters is 1. The Labute approximate surface area is 200 Å². The lowest BCUT2D eigenvalue weighted by molar-refractivity contribution is -0.136. The van der Waals surface area contributed by atoms with Gasteiger partial charge in [-0.3, -0.25) is 9.59 Å². The molecule has 170 valence electrons. The normalized spacial score (nSPS) is 10.7. The van der Waals surface area contributed by atoms with E-state index in [1.54, 1.807) is 79.7 Å². The van der Waals surface area contributed by atoms with Gasteiger partial charge in [-0.25, -0.2) is 10.2 Å². The van der Waals surface area contributed by atoms with E-state index in [9.17, 15) is 14.4 Å². The van der Waals surface area contributed by atoms with Crippen LogP contribution in [0.15, 0.2) is 77.9 Å². The highest BCUT2D eigenvalue weighted by Crippen LogP contribution is 2.16. The molecule has 2 N–H and O–H groups in total. The highest BCUT2D eigenvalue weighted by molar-refractivity contribution is 6.39. The standard InChI is InChI=1S/C25H19ClN4O4/c1-16(29-30-24(32)23(31)28-21-10-2-17(3-11-21)14-15-27)18-6-12-22(13-7-18)34-25(33)19-4-8-20(26)9-5-19/h2-13H,14H2,1H3,(H,28,31)(H,30,32)/b29-16+. The predicted octanol–water partition coefficient (Wildman–Crippen LogP) is 4.10. The second kappa shape index (κ2) is 11.4. The highest BCUT2D eigenvalue weighted by Gasteiger charge is 2.14. The Morgan fingerprint density at radius 1 is 0.912 bits per heavy atom. The molecule has 0 saturated carbocycles. The van der Waals surface area contributed by atoms with E-state index >= 15 is 0 Å². The molecule has 0 aliphatic carbocycles. The molecule has 0 aromatic heterocycles. The molecule has 0 atom stereocenters. The van der Waals surface area contributed by atoms with Crippen LogP contribution in [0.5, 0.6) is 5.75 Å². The average Bonchev–Trinajstić information content (AvgIpc) is 2.84. The van der Waals surface area contributed by atoms with Crippen molar-refractivity contribution in [3.63, 3.8) is 0 Å². The van der Waals surface area contributed by atoms with Crippen molar-refractivity contribution >= 4 is 40.8 Å². The number of amides is 2. The Morgan fingerprint density at radius 2 is 1.53 bits per heavy atom. The highest BCUT2D eigenvalue weighted by atomic mass is 35.5. The van der Waals surface area contributed by atoms with Crippen molar-refractivity contribution in [1.82, 2.24) is 5.43 Å². The van der Waals surface area contributed by atoms with Crippen LogP contribution in [-0.2, 0) is 16.0 Å². The first-order valence-corrected chi connectivity index (χ1v) is 10.4. The Hall–Kier alpha value is -4.48. The quantitative estimate of drug-likeness (QED) is 0.183. The van der Waals surface area contributed by atoms with Crippen molar-refractivity contribution in [3.8, 4) is 11.8 Å². The van der Waals surface area contributed by atoms with E-state index in [2.05, 4.69) is 15.8 Å². The number of nitriles is 1. The predicted molar refractivity (Wildman–Crippen MR) is 128 cm³/mol. The van der Waals surface area contributed by atoms with Crippen molar-refractivity contribution in [1.29, 1.82) is 5.26 Å². The number of hydrogen-bond donors (Lipinski definition) is 2. The summed E-state index contributed by atoms with van der Waals surface area (Å²) in [6.45, 7) is 1.65. The Bertz CT molecular complexity index is 1260. The summed E-state index contributed by atoms with van der Waals surface area (Å²) in [6.07, 6.45) is 0.258. The fraction of sp³-hybridized carbons (Fsp3) is 0.0800. The maximum Gasteiger partial charge on any atom is 0.343 e. The molecule has 34 heavy (non-hydrogen) atoms. The fourth-order valence-electron chi connectivity index (χ4n) is 2.75. The minimum Gasteiger partial charge on any atom is -0.423 e. The summed E-state index contributed by atoms with van der Waals surface area (Å²) in [7, 11) is 0. The zero-order valence-corrected chi connectivity index (χ0v) is 18.8. The summed E-state index contributed by atoms with van der Waals surface area (Å²) in [5.41, 5.74) is 4.89. The van der Waals surface area contributed by atoms with Crippen LogP contribution >= 0.6 is 11.6 Å². The molecule has 9 heteroatoms. The zero-order chi connectivity index (χ0) is 24.5. The van der Waals surface area contributed by atoms with Crippen LogP contribution in [0, 0.1) is 11.3 Å². The van der Waals surface area contributed by atoms with Crippen molar-refractivity contribution < 1.29 is 19.1 Å². The van der Waals surface area contributed by atoms with Crippen LogP contribution in [-0.4, -0.2) is 23.5 Å². The molecular formula is C25H19ClN4O4. The third-order valence-corrected chi connectivity index (χ3v) is 4.84.